The minimum absolute atomic E-state index is 0.336. The number of fused-ring (bicyclic) bond motifs is 3. The highest BCUT2D eigenvalue weighted by molar-refractivity contribution is 5.76. The van der Waals surface area contributed by atoms with Crippen LogP contribution in [0.1, 0.15) is 23.7 Å². The second-order valence-electron chi connectivity index (χ2n) is 5.32. The highest BCUT2D eigenvalue weighted by atomic mass is 16.5. The van der Waals surface area contributed by atoms with Crippen LogP contribution in [0.3, 0.4) is 0 Å². The van der Waals surface area contributed by atoms with E-state index in [0.717, 1.165) is 12.2 Å². The summed E-state index contributed by atoms with van der Waals surface area (Å²) in [4.78, 5) is 0. The molecule has 0 aliphatic heterocycles. The third-order valence-electron chi connectivity index (χ3n) is 3.78. The Balaban J connectivity index is 2.11. The van der Waals surface area contributed by atoms with Crippen molar-refractivity contribution in [3.63, 3.8) is 0 Å². The maximum absolute atomic E-state index is 9.67. The molecule has 19 heavy (non-hydrogen) atoms. The van der Waals surface area contributed by atoms with Gasteiger partial charge in [0.2, 0.25) is 0 Å². The Hall–Kier alpha value is -1.74. The largest absolute Gasteiger partial charge is 0.497 e. The van der Waals surface area contributed by atoms with E-state index in [1.54, 1.807) is 7.11 Å². The SMILES string of the molecule is COc1ccc2c(c1)Cc1cc(C)n(C[C@H](C)O)c1-2. The van der Waals surface area contributed by atoms with Gasteiger partial charge in [-0.2, -0.15) is 0 Å². The summed E-state index contributed by atoms with van der Waals surface area (Å²) in [6.45, 7) is 4.58. The Morgan fingerprint density at radius 3 is 2.79 bits per heavy atom. The molecule has 0 bridgehead atoms. The summed E-state index contributed by atoms with van der Waals surface area (Å²) in [6.07, 6.45) is 0.618. The number of ether oxygens (including phenoxy) is 1. The van der Waals surface area contributed by atoms with Gasteiger partial charge in [-0.3, -0.25) is 0 Å². The molecule has 0 saturated heterocycles. The third-order valence-corrected chi connectivity index (χ3v) is 3.78. The lowest BCUT2D eigenvalue weighted by molar-refractivity contribution is 0.173. The fourth-order valence-electron chi connectivity index (χ4n) is 2.98. The van der Waals surface area contributed by atoms with E-state index in [0.29, 0.717) is 6.54 Å². The van der Waals surface area contributed by atoms with Crippen LogP contribution in [0.15, 0.2) is 24.3 Å². The van der Waals surface area contributed by atoms with E-state index in [1.807, 2.05) is 13.0 Å². The van der Waals surface area contributed by atoms with Crippen LogP contribution in [0.5, 0.6) is 5.75 Å². The number of hydrogen-bond donors (Lipinski definition) is 1. The van der Waals surface area contributed by atoms with Crippen molar-refractivity contribution in [3.8, 4) is 17.0 Å². The number of methoxy groups -OCH3 is 1. The molecule has 3 heteroatoms. The smallest absolute Gasteiger partial charge is 0.119 e. The number of aryl methyl sites for hydroxylation is 1. The maximum atomic E-state index is 9.67. The van der Waals surface area contributed by atoms with Crippen LogP contribution in [0, 0.1) is 6.92 Å². The molecule has 0 amide bonds. The molecule has 3 nitrogen and oxygen atoms in total. The van der Waals surface area contributed by atoms with Crippen LogP contribution in [0.4, 0.5) is 0 Å². The van der Waals surface area contributed by atoms with Gasteiger partial charge in [0.1, 0.15) is 5.75 Å². The summed E-state index contributed by atoms with van der Waals surface area (Å²) >= 11 is 0. The number of rotatable bonds is 3. The van der Waals surface area contributed by atoms with Crippen LogP contribution >= 0.6 is 0 Å². The average molecular weight is 257 g/mol. The van der Waals surface area contributed by atoms with E-state index in [1.165, 1.54) is 28.1 Å². The standard InChI is InChI=1S/C16H19NO2/c1-10-6-13-7-12-8-14(19-3)4-5-15(12)16(13)17(10)9-11(2)18/h4-6,8,11,18H,7,9H2,1-3H3/t11-/m0/s1. The number of aliphatic hydroxyl groups is 1. The first-order valence-electron chi connectivity index (χ1n) is 6.64. The molecule has 2 aromatic rings. The molecule has 1 N–H and O–H groups in total. The first-order valence-corrected chi connectivity index (χ1v) is 6.64. The summed E-state index contributed by atoms with van der Waals surface area (Å²) in [5, 5.41) is 9.67. The van der Waals surface area contributed by atoms with Crippen molar-refractivity contribution in [2.75, 3.05) is 7.11 Å². The van der Waals surface area contributed by atoms with Gasteiger partial charge in [-0.1, -0.05) is 0 Å². The highest BCUT2D eigenvalue weighted by Crippen LogP contribution is 2.40. The number of nitrogens with zero attached hydrogens (tertiary/aromatic N) is 1. The summed E-state index contributed by atoms with van der Waals surface area (Å²) in [6, 6.07) is 8.46. The molecule has 3 rings (SSSR count). The summed E-state index contributed by atoms with van der Waals surface area (Å²) in [7, 11) is 1.70. The van der Waals surface area contributed by atoms with E-state index in [4.69, 9.17) is 4.74 Å². The van der Waals surface area contributed by atoms with Crippen molar-refractivity contribution in [1.82, 2.24) is 4.57 Å². The first-order chi connectivity index (χ1) is 9.10. The molecule has 1 aliphatic carbocycles. The zero-order valence-corrected chi connectivity index (χ0v) is 11.6. The lowest BCUT2D eigenvalue weighted by Gasteiger charge is -2.14. The van der Waals surface area contributed by atoms with Crippen molar-refractivity contribution < 1.29 is 9.84 Å². The van der Waals surface area contributed by atoms with Gasteiger partial charge in [0.15, 0.2) is 0 Å². The number of hydrogen-bond acceptors (Lipinski definition) is 2. The molecule has 0 radical (unpaired) electrons. The minimum atomic E-state index is -0.336. The fraction of sp³-hybridized carbons (Fsp3) is 0.375. The van der Waals surface area contributed by atoms with Crippen LogP contribution in [-0.2, 0) is 13.0 Å². The van der Waals surface area contributed by atoms with Gasteiger partial charge in [0.25, 0.3) is 0 Å². The summed E-state index contributed by atoms with van der Waals surface area (Å²) in [5.41, 5.74) is 6.40. The molecule has 1 aliphatic rings. The van der Waals surface area contributed by atoms with Crippen LogP contribution in [-0.4, -0.2) is 22.9 Å². The lowest BCUT2D eigenvalue weighted by Crippen LogP contribution is -2.13. The molecule has 1 aromatic heterocycles. The summed E-state index contributed by atoms with van der Waals surface area (Å²) < 4.78 is 7.51. The van der Waals surface area contributed by atoms with Crippen LogP contribution in [0.2, 0.25) is 0 Å². The van der Waals surface area contributed by atoms with E-state index in [2.05, 4.69) is 29.7 Å². The molecule has 0 fully saturated rings. The van der Waals surface area contributed by atoms with Crippen LogP contribution < -0.4 is 4.74 Å². The van der Waals surface area contributed by atoms with Crippen LogP contribution in [0.25, 0.3) is 11.3 Å². The van der Waals surface area contributed by atoms with Crippen molar-refractivity contribution in [2.45, 2.75) is 32.9 Å². The van der Waals surface area contributed by atoms with E-state index < -0.39 is 0 Å². The molecule has 0 spiro atoms. The van der Waals surface area contributed by atoms with Crippen molar-refractivity contribution in [1.29, 1.82) is 0 Å². The van der Waals surface area contributed by atoms with Gasteiger partial charge in [-0.15, -0.1) is 0 Å². The summed E-state index contributed by atoms with van der Waals surface area (Å²) in [5.74, 6) is 0.905. The number of benzene rings is 1. The Labute approximate surface area is 113 Å². The molecule has 100 valence electrons. The van der Waals surface area contributed by atoms with E-state index in [-0.39, 0.29) is 6.10 Å². The quantitative estimate of drug-likeness (QED) is 0.783. The van der Waals surface area contributed by atoms with Gasteiger partial charge >= 0.3 is 0 Å². The van der Waals surface area contributed by atoms with Crippen molar-refractivity contribution >= 4 is 0 Å². The second kappa shape index (κ2) is 4.42. The fourth-order valence-corrected chi connectivity index (χ4v) is 2.98. The Morgan fingerprint density at radius 2 is 2.11 bits per heavy atom. The number of aromatic nitrogens is 1. The molecule has 1 heterocycles. The van der Waals surface area contributed by atoms with Gasteiger partial charge in [0.05, 0.1) is 18.9 Å². The van der Waals surface area contributed by atoms with E-state index in [9.17, 15) is 5.11 Å². The molecule has 0 unspecified atom stereocenters. The molecular formula is C16H19NO2. The van der Waals surface area contributed by atoms with Gasteiger partial charge in [0, 0.05) is 24.2 Å². The van der Waals surface area contributed by atoms with Crippen molar-refractivity contribution in [2.24, 2.45) is 0 Å². The Kier molecular flexibility index (Phi) is 2.86. The first kappa shape index (κ1) is 12.3. The molecule has 1 aromatic carbocycles. The Morgan fingerprint density at radius 1 is 1.32 bits per heavy atom. The van der Waals surface area contributed by atoms with Gasteiger partial charge in [-0.05, 0) is 49.2 Å². The average Bonchev–Trinajstić information content (AvgIpc) is 2.85. The predicted octanol–water partition coefficient (Wildman–Crippen LogP) is 2.76. The Bertz CT molecular complexity index is 626. The topological polar surface area (TPSA) is 34.4 Å². The minimum Gasteiger partial charge on any atom is -0.497 e. The van der Waals surface area contributed by atoms with Crippen molar-refractivity contribution in [3.05, 3.63) is 41.1 Å². The zero-order valence-electron chi connectivity index (χ0n) is 11.6. The van der Waals surface area contributed by atoms with Gasteiger partial charge < -0.3 is 14.4 Å². The molecule has 1 atom stereocenters. The molecule has 0 saturated carbocycles. The van der Waals surface area contributed by atoms with E-state index >= 15 is 0 Å². The normalized spacial score (nSPS) is 14.1. The number of aliphatic hydroxyl groups excluding tert-OH is 1. The predicted molar refractivity (Wildman–Crippen MR) is 75.6 cm³/mol. The maximum Gasteiger partial charge on any atom is 0.119 e. The molecular weight excluding hydrogens is 238 g/mol. The second-order valence-corrected chi connectivity index (χ2v) is 5.32. The lowest BCUT2D eigenvalue weighted by atomic mass is 10.1. The highest BCUT2D eigenvalue weighted by Gasteiger charge is 2.24. The third kappa shape index (κ3) is 1.94. The van der Waals surface area contributed by atoms with Gasteiger partial charge in [-0.25, -0.2) is 0 Å². The monoisotopic (exact) mass is 257 g/mol. The zero-order chi connectivity index (χ0) is 13.6.